The summed E-state index contributed by atoms with van der Waals surface area (Å²) in [6.45, 7) is 1.20. The molecule has 1 N–H and O–H groups in total. The molecule has 0 aromatic rings. The number of hydrogen-bond donors (Lipinski definition) is 1. The summed E-state index contributed by atoms with van der Waals surface area (Å²) >= 11 is 0. The van der Waals surface area contributed by atoms with Crippen molar-refractivity contribution in [3.05, 3.63) is 4.91 Å². The number of nitrogens with zero attached hydrogens (tertiary/aromatic N) is 1. The van der Waals surface area contributed by atoms with E-state index in [4.69, 9.17) is 4.91 Å². The third kappa shape index (κ3) is 4.87. The van der Waals surface area contributed by atoms with Gasteiger partial charge in [0.15, 0.2) is 5.34 Å². The van der Waals surface area contributed by atoms with Crippen molar-refractivity contribution < 1.29 is 9.73 Å². The van der Waals surface area contributed by atoms with Gasteiger partial charge in [0.25, 0.3) is 5.91 Å². The molecule has 0 aromatic carbocycles. The molecular weight excluding hydrogens is 100 g/mol. The highest BCUT2D eigenvalue weighted by Crippen LogP contribution is 1.62. The summed E-state index contributed by atoms with van der Waals surface area (Å²) in [5.41, 5.74) is 1.68. The fraction of sp³-hybridized carbons (Fsp3) is 0.500. The normalized spacial score (nSPS) is 7.00. The monoisotopic (exact) mass is 104 g/mol. The molecule has 40 valence electrons. The Morgan fingerprint density at radius 2 is 2.43 bits per heavy atom. The number of hydroxylamine groups is 1. The van der Waals surface area contributed by atoms with Gasteiger partial charge < -0.3 is 0 Å². The molecule has 0 saturated heterocycles. The van der Waals surface area contributed by atoms with Crippen LogP contribution in [0.1, 0.15) is 6.92 Å². The first kappa shape index (κ1) is 5.87. The van der Waals surface area contributed by atoms with Crippen LogP contribution in [-0.2, 0) is 9.73 Å². The molecular formula is C2H4N2O3. The van der Waals surface area contributed by atoms with E-state index < -0.39 is 5.91 Å². The third-order valence-electron chi connectivity index (χ3n) is 0.227. The molecule has 0 radical (unpaired) electrons. The van der Waals surface area contributed by atoms with Gasteiger partial charge in [-0.15, -0.1) is 4.91 Å². The maximum absolute atomic E-state index is 9.77. The summed E-state index contributed by atoms with van der Waals surface area (Å²) in [4.78, 5) is 22.4. The van der Waals surface area contributed by atoms with Crippen molar-refractivity contribution in [2.24, 2.45) is 5.34 Å². The van der Waals surface area contributed by atoms with Crippen LogP contribution in [-0.4, -0.2) is 5.91 Å². The van der Waals surface area contributed by atoms with Gasteiger partial charge in [0.1, 0.15) is 0 Å². The lowest BCUT2D eigenvalue weighted by Gasteiger charge is -1.87. The van der Waals surface area contributed by atoms with Gasteiger partial charge in [-0.05, 0) is 0 Å². The lowest BCUT2D eigenvalue weighted by atomic mass is 10.8. The minimum atomic E-state index is -0.459. The molecule has 7 heavy (non-hydrogen) atoms. The zero-order chi connectivity index (χ0) is 5.70. The number of carbonyl (C=O) groups is 1. The van der Waals surface area contributed by atoms with Crippen molar-refractivity contribution in [3.8, 4) is 0 Å². The minimum Gasteiger partial charge on any atom is -0.272 e. The third-order valence-corrected chi connectivity index (χ3v) is 0.227. The quantitative estimate of drug-likeness (QED) is 0.387. The first-order valence-electron chi connectivity index (χ1n) is 1.52. The summed E-state index contributed by atoms with van der Waals surface area (Å²) < 4.78 is 0. The SMILES string of the molecule is CC(=O)NON=O. The second kappa shape index (κ2) is 3.08. The number of carbonyl (C=O) groups excluding carboxylic acids is 1. The highest BCUT2D eigenvalue weighted by Gasteiger charge is 1.84. The van der Waals surface area contributed by atoms with E-state index in [9.17, 15) is 4.79 Å². The zero-order valence-electron chi connectivity index (χ0n) is 3.67. The molecule has 0 spiro atoms. The van der Waals surface area contributed by atoms with Gasteiger partial charge in [0.05, 0.1) is 0 Å². The average molecular weight is 104 g/mol. The van der Waals surface area contributed by atoms with E-state index in [1.165, 1.54) is 6.92 Å². The summed E-state index contributed by atoms with van der Waals surface area (Å²) in [6, 6.07) is 0. The number of rotatable bonds is 2. The van der Waals surface area contributed by atoms with Crippen molar-refractivity contribution in [1.29, 1.82) is 0 Å². The van der Waals surface area contributed by atoms with E-state index in [0.29, 0.717) is 0 Å². The summed E-state index contributed by atoms with van der Waals surface area (Å²) in [6.07, 6.45) is 0. The first-order chi connectivity index (χ1) is 3.27. The molecule has 0 bridgehead atoms. The van der Waals surface area contributed by atoms with E-state index in [1.54, 1.807) is 5.48 Å². The molecule has 0 aromatic heterocycles. The fourth-order valence-corrected chi connectivity index (χ4v) is 0.0829. The van der Waals surface area contributed by atoms with Crippen molar-refractivity contribution in [3.63, 3.8) is 0 Å². The molecule has 0 aliphatic carbocycles. The summed E-state index contributed by atoms with van der Waals surface area (Å²) in [5.74, 6) is -0.459. The van der Waals surface area contributed by atoms with Gasteiger partial charge in [0.2, 0.25) is 0 Å². The fourth-order valence-electron chi connectivity index (χ4n) is 0.0829. The Kier molecular flexibility index (Phi) is 2.58. The maximum Gasteiger partial charge on any atom is 0.251 e. The average Bonchev–Trinajstić information content (AvgIpc) is 1.61. The van der Waals surface area contributed by atoms with Crippen molar-refractivity contribution in [2.45, 2.75) is 6.92 Å². The molecule has 0 rings (SSSR count). The molecule has 5 heteroatoms. The van der Waals surface area contributed by atoms with Crippen molar-refractivity contribution in [2.75, 3.05) is 0 Å². The van der Waals surface area contributed by atoms with Crippen LogP contribution >= 0.6 is 0 Å². The predicted octanol–water partition coefficient (Wildman–Crippen LogP) is -0.265. The Labute approximate surface area is 39.5 Å². The molecule has 0 aliphatic heterocycles. The number of amides is 1. The lowest BCUT2D eigenvalue weighted by Crippen LogP contribution is -2.16. The Morgan fingerprint density at radius 1 is 1.86 bits per heavy atom. The predicted molar refractivity (Wildman–Crippen MR) is 20.7 cm³/mol. The Balaban J connectivity index is 2.97. The number of nitrogens with one attached hydrogen (secondary N) is 1. The standard InChI is InChI=1S/C2H4N2O3/c1-2(5)3-7-4-6/h1H3,(H,3,5). The van der Waals surface area contributed by atoms with Gasteiger partial charge in [-0.3, -0.25) is 4.79 Å². The van der Waals surface area contributed by atoms with Gasteiger partial charge >= 0.3 is 0 Å². The first-order valence-corrected chi connectivity index (χ1v) is 1.52. The lowest BCUT2D eigenvalue weighted by molar-refractivity contribution is -0.131. The van der Waals surface area contributed by atoms with Gasteiger partial charge in [-0.1, -0.05) is 0 Å². The largest absolute Gasteiger partial charge is 0.272 e. The van der Waals surface area contributed by atoms with E-state index in [0.717, 1.165) is 0 Å². The van der Waals surface area contributed by atoms with Gasteiger partial charge in [-0.2, -0.15) is 5.48 Å². The summed E-state index contributed by atoms with van der Waals surface area (Å²) in [5, 5.41) is 1.89. The second-order valence-electron chi connectivity index (χ2n) is 0.824. The van der Waals surface area contributed by atoms with E-state index in [-0.39, 0.29) is 0 Å². The van der Waals surface area contributed by atoms with E-state index >= 15 is 0 Å². The van der Waals surface area contributed by atoms with Crippen LogP contribution < -0.4 is 5.48 Å². The maximum atomic E-state index is 9.77. The van der Waals surface area contributed by atoms with Crippen molar-refractivity contribution in [1.82, 2.24) is 5.48 Å². The summed E-state index contributed by atoms with van der Waals surface area (Å²) in [7, 11) is 0. The molecule has 0 unspecified atom stereocenters. The van der Waals surface area contributed by atoms with Gasteiger partial charge in [0, 0.05) is 6.92 Å². The van der Waals surface area contributed by atoms with Crippen molar-refractivity contribution >= 4 is 5.91 Å². The molecule has 0 atom stereocenters. The smallest absolute Gasteiger partial charge is 0.251 e. The van der Waals surface area contributed by atoms with Crippen LogP contribution in [0, 0.1) is 4.91 Å². The van der Waals surface area contributed by atoms with Crippen LogP contribution in [0.4, 0.5) is 0 Å². The van der Waals surface area contributed by atoms with E-state index in [1.807, 2.05) is 5.34 Å². The molecule has 5 nitrogen and oxygen atoms in total. The number of hydrogen-bond acceptors (Lipinski definition) is 4. The van der Waals surface area contributed by atoms with Crippen LogP contribution in [0.5, 0.6) is 0 Å². The molecule has 0 fully saturated rings. The zero-order valence-corrected chi connectivity index (χ0v) is 3.67. The molecule has 1 amide bonds. The van der Waals surface area contributed by atoms with Crippen LogP contribution in [0.2, 0.25) is 0 Å². The highest BCUT2D eigenvalue weighted by atomic mass is 16.8. The Hall–Kier alpha value is -1.13. The molecule has 0 saturated carbocycles. The Bertz CT molecular complexity index is 81.0. The second-order valence-corrected chi connectivity index (χ2v) is 0.824. The Morgan fingerprint density at radius 3 is 2.57 bits per heavy atom. The minimum absolute atomic E-state index is 0.459. The molecule has 0 heterocycles. The highest BCUT2D eigenvalue weighted by molar-refractivity contribution is 5.71. The van der Waals surface area contributed by atoms with Crippen LogP contribution in [0.15, 0.2) is 5.34 Å². The van der Waals surface area contributed by atoms with Gasteiger partial charge in [-0.25, -0.2) is 4.94 Å². The van der Waals surface area contributed by atoms with E-state index in [2.05, 4.69) is 4.94 Å². The topological polar surface area (TPSA) is 67.8 Å². The molecule has 0 aliphatic rings. The van der Waals surface area contributed by atoms with Crippen LogP contribution in [0.3, 0.4) is 0 Å². The van der Waals surface area contributed by atoms with Crippen LogP contribution in [0.25, 0.3) is 0 Å².